The van der Waals surface area contributed by atoms with Gasteiger partial charge in [0.05, 0.1) is 18.8 Å². The summed E-state index contributed by atoms with van der Waals surface area (Å²) >= 11 is 6.03. The fourth-order valence-corrected chi connectivity index (χ4v) is 2.46. The lowest BCUT2D eigenvalue weighted by Crippen LogP contribution is -2.14. The lowest BCUT2D eigenvalue weighted by molar-refractivity contribution is 0.0450. The van der Waals surface area contributed by atoms with Crippen LogP contribution in [0.2, 0.25) is 5.02 Å². The van der Waals surface area contributed by atoms with E-state index >= 15 is 0 Å². The fourth-order valence-electron chi connectivity index (χ4n) is 2.29. The average molecular weight is 352 g/mol. The molecule has 0 amide bonds. The molecule has 130 valence electrons. The van der Waals surface area contributed by atoms with Gasteiger partial charge in [-0.25, -0.2) is 9.59 Å². The fraction of sp³-hybridized carbons (Fsp3) is 0.444. The molecule has 0 spiro atoms. The molecule has 1 aromatic carbocycles. The van der Waals surface area contributed by atoms with Crippen LogP contribution in [-0.4, -0.2) is 30.1 Å². The van der Waals surface area contributed by atoms with Crippen molar-refractivity contribution in [1.29, 1.82) is 0 Å². The van der Waals surface area contributed by atoms with Crippen LogP contribution in [0.5, 0.6) is 0 Å². The third-order valence-electron chi connectivity index (χ3n) is 3.63. The number of benzene rings is 1. The summed E-state index contributed by atoms with van der Waals surface area (Å²) in [6.07, 6.45) is 3.37. The highest BCUT2D eigenvalue weighted by Gasteiger charge is 2.25. The van der Waals surface area contributed by atoms with Crippen LogP contribution >= 0.6 is 11.6 Å². The first-order chi connectivity index (χ1) is 11.6. The van der Waals surface area contributed by atoms with Crippen molar-refractivity contribution < 1.29 is 19.1 Å². The second-order valence-electron chi connectivity index (χ2n) is 5.54. The number of hydrogen-bond acceptors (Lipinski definition) is 4. The quantitative estimate of drug-likeness (QED) is 0.551. The zero-order valence-electron chi connectivity index (χ0n) is 14.0. The van der Waals surface area contributed by atoms with Crippen LogP contribution in [0.4, 0.5) is 0 Å². The average Bonchev–Trinajstić information content (AvgIpc) is 2.93. The summed E-state index contributed by atoms with van der Waals surface area (Å²) in [5, 5.41) is 1.04. The predicted octanol–water partition coefficient (Wildman–Crippen LogP) is 4.74. The van der Waals surface area contributed by atoms with Crippen LogP contribution in [0, 0.1) is 0 Å². The maximum atomic E-state index is 12.5. The molecule has 0 aliphatic rings. The molecular formula is C18H22ClNO4. The number of fused-ring (bicyclic) bond motifs is 1. The molecular weight excluding hydrogens is 330 g/mol. The number of H-pyrrole nitrogens is 1. The van der Waals surface area contributed by atoms with Crippen LogP contribution < -0.4 is 0 Å². The standard InChI is InChI=1S/C18H22ClNO4/c1-3-5-9-23-17(21)15-13-11-12(19)7-8-14(13)20-16(15)18(22)24-10-6-4-2/h7-8,11,20H,3-6,9-10H2,1-2H3. The van der Waals surface area contributed by atoms with Gasteiger partial charge >= 0.3 is 11.9 Å². The van der Waals surface area contributed by atoms with Crippen molar-refractivity contribution in [3.05, 3.63) is 34.5 Å². The molecule has 1 aromatic heterocycles. The van der Waals surface area contributed by atoms with Crippen LogP contribution in [0.25, 0.3) is 10.9 Å². The smallest absolute Gasteiger partial charge is 0.355 e. The third kappa shape index (κ3) is 4.29. The van der Waals surface area contributed by atoms with E-state index in [-0.39, 0.29) is 11.3 Å². The van der Waals surface area contributed by atoms with Crippen LogP contribution in [0.3, 0.4) is 0 Å². The molecule has 0 aliphatic carbocycles. The molecule has 0 aliphatic heterocycles. The molecule has 24 heavy (non-hydrogen) atoms. The van der Waals surface area contributed by atoms with Crippen molar-refractivity contribution in [2.24, 2.45) is 0 Å². The molecule has 6 heteroatoms. The molecule has 1 N–H and O–H groups in total. The largest absolute Gasteiger partial charge is 0.462 e. The normalized spacial score (nSPS) is 10.8. The Morgan fingerprint density at radius 3 is 2.29 bits per heavy atom. The number of carbonyl (C=O) groups is 2. The molecule has 2 aromatic rings. The molecule has 0 unspecified atom stereocenters. The summed E-state index contributed by atoms with van der Waals surface area (Å²) in [6.45, 7) is 4.65. The molecule has 1 heterocycles. The maximum Gasteiger partial charge on any atom is 0.355 e. The molecule has 2 rings (SSSR count). The third-order valence-corrected chi connectivity index (χ3v) is 3.87. The van der Waals surface area contributed by atoms with Crippen LogP contribution in [0.15, 0.2) is 18.2 Å². The molecule has 0 radical (unpaired) electrons. The Balaban J connectivity index is 2.36. The molecule has 0 bridgehead atoms. The second-order valence-corrected chi connectivity index (χ2v) is 5.98. The van der Waals surface area contributed by atoms with Gasteiger partial charge < -0.3 is 14.5 Å². The minimum atomic E-state index is -0.557. The minimum absolute atomic E-state index is 0.116. The zero-order valence-corrected chi connectivity index (χ0v) is 14.7. The number of halogens is 1. The Bertz CT molecular complexity index is 723. The summed E-state index contributed by atoms with van der Waals surface area (Å²) < 4.78 is 10.5. The van der Waals surface area contributed by atoms with Crippen molar-refractivity contribution in [2.45, 2.75) is 39.5 Å². The van der Waals surface area contributed by atoms with E-state index in [2.05, 4.69) is 4.98 Å². The molecule has 0 fully saturated rings. The van der Waals surface area contributed by atoms with E-state index in [4.69, 9.17) is 21.1 Å². The summed E-state index contributed by atoms with van der Waals surface area (Å²) in [7, 11) is 0. The van der Waals surface area contributed by atoms with E-state index in [1.54, 1.807) is 18.2 Å². The summed E-state index contributed by atoms with van der Waals surface area (Å²) in [5.74, 6) is -1.10. The molecule has 0 atom stereocenters. The van der Waals surface area contributed by atoms with Crippen LogP contribution in [-0.2, 0) is 9.47 Å². The summed E-state index contributed by atoms with van der Waals surface area (Å²) in [6, 6.07) is 5.06. The topological polar surface area (TPSA) is 68.4 Å². The second kappa shape index (κ2) is 8.73. The number of nitrogens with one attached hydrogen (secondary N) is 1. The highest BCUT2D eigenvalue weighted by atomic mass is 35.5. The first-order valence-electron chi connectivity index (χ1n) is 8.24. The first-order valence-corrected chi connectivity index (χ1v) is 8.61. The highest BCUT2D eigenvalue weighted by molar-refractivity contribution is 6.31. The van der Waals surface area contributed by atoms with Crippen LogP contribution in [0.1, 0.15) is 60.4 Å². The van der Waals surface area contributed by atoms with Gasteiger partial charge in [0.15, 0.2) is 0 Å². The number of hydrogen-bond donors (Lipinski definition) is 1. The first kappa shape index (κ1) is 18.3. The number of aromatic amines is 1. The Kier molecular flexibility index (Phi) is 6.67. The maximum absolute atomic E-state index is 12.5. The lowest BCUT2D eigenvalue weighted by atomic mass is 10.1. The van der Waals surface area contributed by atoms with Gasteiger partial charge in [0, 0.05) is 15.9 Å². The predicted molar refractivity (Wildman–Crippen MR) is 93.7 cm³/mol. The molecule has 0 saturated carbocycles. The number of unbranched alkanes of at least 4 members (excludes halogenated alkanes) is 2. The summed E-state index contributed by atoms with van der Waals surface area (Å²) in [4.78, 5) is 27.8. The zero-order chi connectivity index (χ0) is 17.5. The Hall–Kier alpha value is -2.01. The van der Waals surface area contributed by atoms with E-state index in [0.717, 1.165) is 25.7 Å². The number of esters is 2. The highest BCUT2D eigenvalue weighted by Crippen LogP contribution is 2.27. The van der Waals surface area contributed by atoms with Gasteiger partial charge in [-0.1, -0.05) is 38.3 Å². The van der Waals surface area contributed by atoms with Gasteiger partial charge in [0.1, 0.15) is 5.69 Å². The molecule has 0 saturated heterocycles. The van der Waals surface area contributed by atoms with Gasteiger partial charge in [-0.15, -0.1) is 0 Å². The Labute approximate surface area is 146 Å². The Morgan fingerprint density at radius 1 is 1.04 bits per heavy atom. The van der Waals surface area contributed by atoms with E-state index in [1.165, 1.54) is 0 Å². The SMILES string of the molecule is CCCCOC(=O)c1[nH]c2ccc(Cl)cc2c1C(=O)OCCCC. The number of rotatable bonds is 8. The van der Waals surface area contributed by atoms with Gasteiger partial charge in [0.25, 0.3) is 0 Å². The van der Waals surface area contributed by atoms with E-state index < -0.39 is 11.9 Å². The molecule has 5 nitrogen and oxygen atoms in total. The van der Waals surface area contributed by atoms with E-state index in [9.17, 15) is 9.59 Å². The lowest BCUT2D eigenvalue weighted by Gasteiger charge is -2.06. The van der Waals surface area contributed by atoms with Crippen molar-refractivity contribution in [3.8, 4) is 0 Å². The van der Waals surface area contributed by atoms with E-state index in [1.807, 2.05) is 13.8 Å². The van der Waals surface area contributed by atoms with Crippen molar-refractivity contribution in [2.75, 3.05) is 13.2 Å². The number of ether oxygens (including phenoxy) is 2. The van der Waals surface area contributed by atoms with Gasteiger partial charge in [-0.2, -0.15) is 0 Å². The van der Waals surface area contributed by atoms with Crippen molar-refractivity contribution in [1.82, 2.24) is 4.98 Å². The number of aromatic nitrogens is 1. The monoisotopic (exact) mass is 351 g/mol. The minimum Gasteiger partial charge on any atom is -0.462 e. The summed E-state index contributed by atoms with van der Waals surface area (Å²) in [5.41, 5.74) is 0.944. The van der Waals surface area contributed by atoms with Gasteiger partial charge in [-0.3, -0.25) is 0 Å². The van der Waals surface area contributed by atoms with E-state index in [0.29, 0.717) is 29.1 Å². The Morgan fingerprint density at radius 2 is 1.67 bits per heavy atom. The van der Waals surface area contributed by atoms with Crippen molar-refractivity contribution in [3.63, 3.8) is 0 Å². The van der Waals surface area contributed by atoms with Gasteiger partial charge in [-0.05, 0) is 31.0 Å². The number of carbonyl (C=O) groups excluding carboxylic acids is 2. The van der Waals surface area contributed by atoms with Crippen molar-refractivity contribution >= 4 is 34.4 Å². The van der Waals surface area contributed by atoms with Gasteiger partial charge in [0.2, 0.25) is 0 Å².